The van der Waals surface area contributed by atoms with Crippen molar-refractivity contribution in [2.45, 2.75) is 25.0 Å². The Kier molecular flexibility index (Phi) is 7.06. The number of aromatic carboxylic acids is 1. The van der Waals surface area contributed by atoms with E-state index in [9.17, 15) is 9.90 Å². The molecule has 3 saturated heterocycles. The lowest BCUT2D eigenvalue weighted by Gasteiger charge is -2.50. The molecule has 0 saturated carbocycles. The number of piperidine rings is 3. The first-order valence-corrected chi connectivity index (χ1v) is 11.3. The van der Waals surface area contributed by atoms with Gasteiger partial charge in [-0.15, -0.1) is 6.58 Å². The van der Waals surface area contributed by atoms with Crippen LogP contribution in [0, 0.1) is 11.8 Å². The van der Waals surface area contributed by atoms with Crippen molar-refractivity contribution >= 4 is 16.9 Å². The van der Waals surface area contributed by atoms with Crippen LogP contribution in [0.1, 0.15) is 34.9 Å². The lowest BCUT2D eigenvalue weighted by Crippen LogP contribution is -2.54. The van der Waals surface area contributed by atoms with Gasteiger partial charge in [0, 0.05) is 24.2 Å². The van der Waals surface area contributed by atoms with Gasteiger partial charge in [-0.25, -0.2) is 4.79 Å². The van der Waals surface area contributed by atoms with E-state index in [2.05, 4.69) is 22.5 Å². The molecule has 172 valence electrons. The molecule has 2 N–H and O–H groups in total. The molecule has 0 amide bonds. The molecule has 33 heavy (non-hydrogen) atoms. The van der Waals surface area contributed by atoms with Crippen molar-refractivity contribution < 1.29 is 19.7 Å². The highest BCUT2D eigenvalue weighted by Crippen LogP contribution is 2.42. The average molecular weight is 447 g/mol. The largest absolute Gasteiger partial charge is 0.497 e. The maximum Gasteiger partial charge on any atom is 0.335 e. The molecule has 0 spiro atoms. The third kappa shape index (κ3) is 4.92. The highest BCUT2D eigenvalue weighted by atomic mass is 16.5. The zero-order valence-corrected chi connectivity index (χ0v) is 18.8. The Bertz CT molecular complexity index is 1120. The fraction of sp³-hybridized carbons (Fsp3) is 0.333. The van der Waals surface area contributed by atoms with Crippen molar-refractivity contribution in [3.05, 3.63) is 84.6 Å². The van der Waals surface area contributed by atoms with Crippen molar-refractivity contribution in [1.29, 1.82) is 0 Å². The standard InChI is InChI=1S/C20H24N2O2.C7H6O2/c1-3-13-12-22-9-7-14(13)10-19(22)20(23)16-6-8-21-18-5-4-15(24-2)11-17(16)18;8-7(9)6-4-2-1-3-5-6/h3-6,8,11,13-14,19-20,23H,1,7,9-10,12H2,2H3;1-5H,(H,8,9)/t13-,14?,19-,20-;/m1./s1. The van der Waals surface area contributed by atoms with Gasteiger partial charge in [-0.3, -0.25) is 9.88 Å². The Morgan fingerprint density at radius 3 is 2.64 bits per heavy atom. The third-order valence-corrected chi connectivity index (χ3v) is 6.84. The summed E-state index contributed by atoms with van der Waals surface area (Å²) in [5.74, 6) is 1.13. The molecular weight excluding hydrogens is 416 g/mol. The number of aliphatic hydroxyl groups excluding tert-OH is 1. The van der Waals surface area contributed by atoms with Crippen molar-refractivity contribution in [2.24, 2.45) is 11.8 Å². The van der Waals surface area contributed by atoms with Gasteiger partial charge < -0.3 is 14.9 Å². The van der Waals surface area contributed by atoms with Crippen LogP contribution < -0.4 is 4.74 Å². The molecule has 2 bridgehead atoms. The maximum atomic E-state index is 11.2. The molecule has 4 heterocycles. The van der Waals surface area contributed by atoms with Crippen LogP contribution in [-0.2, 0) is 0 Å². The van der Waals surface area contributed by atoms with Crippen LogP contribution in [0.15, 0.2) is 73.4 Å². The molecule has 3 aromatic rings. The van der Waals surface area contributed by atoms with E-state index in [1.54, 1.807) is 43.6 Å². The summed E-state index contributed by atoms with van der Waals surface area (Å²) in [7, 11) is 1.66. The van der Waals surface area contributed by atoms with Crippen molar-refractivity contribution in [2.75, 3.05) is 20.2 Å². The number of hydrogen-bond donors (Lipinski definition) is 2. The molecule has 3 aliphatic rings. The van der Waals surface area contributed by atoms with Crippen LogP contribution in [-0.4, -0.2) is 52.3 Å². The van der Waals surface area contributed by atoms with E-state index in [1.165, 1.54) is 6.42 Å². The van der Waals surface area contributed by atoms with Gasteiger partial charge in [-0.1, -0.05) is 24.3 Å². The van der Waals surface area contributed by atoms with Crippen LogP contribution in [0.25, 0.3) is 10.9 Å². The van der Waals surface area contributed by atoms with Crippen molar-refractivity contribution in [1.82, 2.24) is 9.88 Å². The number of carboxylic acid groups (broad SMARTS) is 1. The molecule has 6 heteroatoms. The number of carbonyl (C=O) groups is 1. The molecular formula is C27H30N2O4. The van der Waals surface area contributed by atoms with Crippen molar-refractivity contribution in [3.8, 4) is 5.75 Å². The highest BCUT2D eigenvalue weighted by Gasteiger charge is 2.42. The molecule has 3 fully saturated rings. The van der Waals surface area contributed by atoms with E-state index < -0.39 is 12.1 Å². The number of ether oxygens (including phenoxy) is 1. The Labute approximate surface area is 194 Å². The first kappa shape index (κ1) is 23.0. The Hall–Kier alpha value is -3.22. The maximum absolute atomic E-state index is 11.2. The normalized spacial score (nSPS) is 24.4. The minimum absolute atomic E-state index is 0.178. The summed E-state index contributed by atoms with van der Waals surface area (Å²) in [6, 6.07) is 16.3. The Balaban J connectivity index is 0.000000243. The van der Waals surface area contributed by atoms with E-state index in [0.29, 0.717) is 17.4 Å². The summed E-state index contributed by atoms with van der Waals surface area (Å²) >= 11 is 0. The Morgan fingerprint density at radius 1 is 1.24 bits per heavy atom. The molecule has 6 rings (SSSR count). The van der Waals surface area contributed by atoms with E-state index in [1.807, 2.05) is 24.3 Å². The summed E-state index contributed by atoms with van der Waals surface area (Å²) < 4.78 is 5.35. The number of aromatic nitrogens is 1. The lowest BCUT2D eigenvalue weighted by molar-refractivity contribution is -0.0444. The van der Waals surface area contributed by atoms with Crippen LogP contribution >= 0.6 is 0 Å². The second-order valence-corrected chi connectivity index (χ2v) is 8.65. The smallest absolute Gasteiger partial charge is 0.335 e. The van der Waals surface area contributed by atoms with Gasteiger partial charge >= 0.3 is 5.97 Å². The van der Waals surface area contributed by atoms with Crippen LogP contribution in [0.3, 0.4) is 0 Å². The number of methoxy groups -OCH3 is 1. The quantitative estimate of drug-likeness (QED) is 0.559. The molecule has 2 unspecified atom stereocenters. The average Bonchev–Trinajstić information content (AvgIpc) is 2.88. The number of pyridine rings is 1. The number of nitrogens with zero attached hydrogens (tertiary/aromatic N) is 2. The number of aliphatic hydroxyl groups is 1. The molecule has 0 aliphatic carbocycles. The van der Waals surface area contributed by atoms with Gasteiger partial charge in [0.25, 0.3) is 0 Å². The van der Waals surface area contributed by atoms with E-state index in [-0.39, 0.29) is 6.04 Å². The van der Waals surface area contributed by atoms with E-state index >= 15 is 0 Å². The van der Waals surface area contributed by atoms with Crippen LogP contribution in [0.5, 0.6) is 5.75 Å². The summed E-state index contributed by atoms with van der Waals surface area (Å²) in [6.45, 7) is 6.07. The molecule has 1 aromatic heterocycles. The number of benzene rings is 2. The zero-order chi connectivity index (χ0) is 23.4. The van der Waals surface area contributed by atoms with E-state index in [0.717, 1.165) is 41.7 Å². The predicted octanol–water partition coefficient (Wildman–Crippen LogP) is 4.56. The minimum atomic E-state index is -0.879. The second kappa shape index (κ2) is 10.1. The first-order chi connectivity index (χ1) is 16.0. The SMILES string of the molecule is C=C[C@@H]1CN2CCC1C[C@@H]2[C@H](O)c1ccnc2ccc(OC)cc12.O=C(O)c1ccccc1. The van der Waals surface area contributed by atoms with Gasteiger partial charge in [0.15, 0.2) is 0 Å². The van der Waals surface area contributed by atoms with Gasteiger partial charge in [0.05, 0.1) is 24.3 Å². The fourth-order valence-corrected chi connectivity index (χ4v) is 5.03. The number of carboxylic acids is 1. The van der Waals surface area contributed by atoms with Gasteiger partial charge in [0.1, 0.15) is 5.75 Å². The number of rotatable bonds is 5. The summed E-state index contributed by atoms with van der Waals surface area (Å²) in [6.07, 6.45) is 5.62. The van der Waals surface area contributed by atoms with Gasteiger partial charge in [0.2, 0.25) is 0 Å². The number of fused-ring (bicyclic) bond motifs is 4. The number of hydrogen-bond acceptors (Lipinski definition) is 5. The predicted molar refractivity (Wildman–Crippen MR) is 128 cm³/mol. The summed E-state index contributed by atoms with van der Waals surface area (Å²) in [4.78, 5) is 17.1. The first-order valence-electron chi connectivity index (χ1n) is 11.3. The molecule has 0 radical (unpaired) electrons. The monoisotopic (exact) mass is 446 g/mol. The molecule has 5 atom stereocenters. The summed E-state index contributed by atoms with van der Waals surface area (Å²) in [5, 5.41) is 20.5. The molecule has 2 aromatic carbocycles. The minimum Gasteiger partial charge on any atom is -0.497 e. The zero-order valence-electron chi connectivity index (χ0n) is 18.8. The fourth-order valence-electron chi connectivity index (χ4n) is 5.03. The van der Waals surface area contributed by atoms with Gasteiger partial charge in [-0.2, -0.15) is 0 Å². The Morgan fingerprint density at radius 2 is 2.03 bits per heavy atom. The second-order valence-electron chi connectivity index (χ2n) is 8.65. The van der Waals surface area contributed by atoms with Gasteiger partial charge in [-0.05, 0) is 73.2 Å². The van der Waals surface area contributed by atoms with E-state index in [4.69, 9.17) is 9.84 Å². The van der Waals surface area contributed by atoms with Crippen LogP contribution in [0.4, 0.5) is 0 Å². The third-order valence-electron chi connectivity index (χ3n) is 6.84. The summed E-state index contributed by atoms with van der Waals surface area (Å²) in [5.41, 5.74) is 2.18. The molecule has 3 aliphatic heterocycles. The lowest BCUT2D eigenvalue weighted by atomic mass is 9.73. The molecule has 6 nitrogen and oxygen atoms in total. The topological polar surface area (TPSA) is 82.9 Å². The highest BCUT2D eigenvalue weighted by molar-refractivity contribution is 5.87. The van der Waals surface area contributed by atoms with Crippen molar-refractivity contribution in [3.63, 3.8) is 0 Å². The van der Waals surface area contributed by atoms with Crippen LogP contribution in [0.2, 0.25) is 0 Å².